The van der Waals surface area contributed by atoms with Crippen molar-refractivity contribution in [2.75, 3.05) is 20.3 Å². The highest BCUT2D eigenvalue weighted by atomic mass is 16.5. The molecule has 0 bridgehead atoms. The fraction of sp³-hybridized carbons (Fsp3) is 0.467. The maximum atomic E-state index is 12.1. The fourth-order valence-electron chi connectivity index (χ4n) is 2.65. The Morgan fingerprint density at radius 3 is 2.57 bits per heavy atom. The number of aliphatic carboxylic acids is 1. The van der Waals surface area contributed by atoms with Crippen molar-refractivity contribution < 1.29 is 24.5 Å². The average Bonchev–Trinajstić information content (AvgIpc) is 2.87. The van der Waals surface area contributed by atoms with Crippen molar-refractivity contribution in [2.45, 2.75) is 18.9 Å². The number of carboxylic acids is 1. The molecular formula is C15H19NO5. The molecule has 0 saturated carbocycles. The number of carbonyl (C=O) groups excluding carboxylic acids is 1. The molecule has 2 rings (SSSR count). The van der Waals surface area contributed by atoms with Crippen LogP contribution in [0.25, 0.3) is 0 Å². The first-order chi connectivity index (χ1) is 10.1. The van der Waals surface area contributed by atoms with Gasteiger partial charge in [-0.15, -0.1) is 0 Å². The fourth-order valence-corrected chi connectivity index (χ4v) is 2.65. The van der Waals surface area contributed by atoms with Crippen LogP contribution in [0.5, 0.6) is 5.75 Å². The lowest BCUT2D eigenvalue weighted by molar-refractivity contribution is -0.141. The van der Waals surface area contributed by atoms with Crippen molar-refractivity contribution >= 4 is 11.9 Å². The van der Waals surface area contributed by atoms with Gasteiger partial charge in [-0.3, -0.25) is 9.59 Å². The molecule has 2 unspecified atom stereocenters. The second-order valence-corrected chi connectivity index (χ2v) is 5.09. The molecule has 2 N–H and O–H groups in total. The molecule has 21 heavy (non-hydrogen) atoms. The summed E-state index contributed by atoms with van der Waals surface area (Å²) in [7, 11) is 1.57. The first-order valence-corrected chi connectivity index (χ1v) is 6.84. The molecule has 1 aliphatic rings. The van der Waals surface area contributed by atoms with E-state index in [2.05, 4.69) is 0 Å². The maximum absolute atomic E-state index is 12.1. The number of carboxylic acid groups (broad SMARTS) is 1. The van der Waals surface area contributed by atoms with Gasteiger partial charge >= 0.3 is 5.97 Å². The Hall–Kier alpha value is -2.08. The summed E-state index contributed by atoms with van der Waals surface area (Å²) in [5.41, 5.74) is 0.865. The van der Waals surface area contributed by atoms with E-state index < -0.39 is 11.9 Å². The second kappa shape index (κ2) is 6.58. The van der Waals surface area contributed by atoms with E-state index >= 15 is 0 Å². The summed E-state index contributed by atoms with van der Waals surface area (Å²) in [5.74, 6) is -1.10. The van der Waals surface area contributed by atoms with Gasteiger partial charge in [-0.05, 0) is 24.1 Å². The van der Waals surface area contributed by atoms with Gasteiger partial charge in [0.2, 0.25) is 5.91 Å². The van der Waals surface area contributed by atoms with Gasteiger partial charge in [-0.25, -0.2) is 0 Å². The summed E-state index contributed by atoms with van der Waals surface area (Å²) >= 11 is 0. The third kappa shape index (κ3) is 3.33. The van der Waals surface area contributed by atoms with Crippen molar-refractivity contribution in [1.82, 2.24) is 4.90 Å². The molecule has 114 valence electrons. The van der Waals surface area contributed by atoms with Crippen molar-refractivity contribution in [2.24, 2.45) is 5.92 Å². The molecule has 1 heterocycles. The van der Waals surface area contributed by atoms with Gasteiger partial charge in [0.1, 0.15) is 5.75 Å². The third-order valence-electron chi connectivity index (χ3n) is 3.79. The van der Waals surface area contributed by atoms with Crippen LogP contribution in [0.4, 0.5) is 0 Å². The minimum atomic E-state index is -0.955. The molecule has 1 aliphatic heterocycles. The van der Waals surface area contributed by atoms with Crippen LogP contribution >= 0.6 is 0 Å². The Morgan fingerprint density at radius 2 is 2.10 bits per heavy atom. The molecule has 6 nitrogen and oxygen atoms in total. The van der Waals surface area contributed by atoms with Crippen LogP contribution in [0, 0.1) is 5.92 Å². The predicted octanol–water partition coefficient (Wildman–Crippen LogP) is 1.05. The van der Waals surface area contributed by atoms with Crippen molar-refractivity contribution in [3.8, 4) is 5.75 Å². The molecule has 0 radical (unpaired) electrons. The Kier molecular flexibility index (Phi) is 4.80. The lowest BCUT2D eigenvalue weighted by Crippen LogP contribution is -2.31. The molecule has 1 aromatic rings. The van der Waals surface area contributed by atoms with Gasteiger partial charge in [-0.2, -0.15) is 0 Å². The van der Waals surface area contributed by atoms with E-state index in [-0.39, 0.29) is 31.5 Å². The van der Waals surface area contributed by atoms with Crippen LogP contribution in [0.3, 0.4) is 0 Å². The number of carbonyl (C=O) groups is 2. The number of ether oxygens (including phenoxy) is 1. The monoisotopic (exact) mass is 293 g/mol. The van der Waals surface area contributed by atoms with Crippen molar-refractivity contribution in [3.63, 3.8) is 0 Å². The van der Waals surface area contributed by atoms with E-state index in [1.165, 1.54) is 0 Å². The third-order valence-corrected chi connectivity index (χ3v) is 3.79. The molecule has 0 aromatic heterocycles. The summed E-state index contributed by atoms with van der Waals surface area (Å²) in [4.78, 5) is 24.7. The van der Waals surface area contributed by atoms with Crippen LogP contribution in [0.15, 0.2) is 24.3 Å². The molecule has 1 aromatic carbocycles. The lowest BCUT2D eigenvalue weighted by atomic mass is 10.0. The predicted molar refractivity (Wildman–Crippen MR) is 74.9 cm³/mol. The minimum Gasteiger partial charge on any atom is -0.497 e. The van der Waals surface area contributed by atoms with E-state index in [4.69, 9.17) is 9.84 Å². The highest BCUT2D eigenvalue weighted by Crippen LogP contribution is 2.32. The highest BCUT2D eigenvalue weighted by molar-refractivity contribution is 5.86. The number of hydrogen-bond acceptors (Lipinski definition) is 4. The topological polar surface area (TPSA) is 87.1 Å². The van der Waals surface area contributed by atoms with E-state index in [0.717, 1.165) is 5.56 Å². The van der Waals surface area contributed by atoms with Gasteiger partial charge in [0.15, 0.2) is 0 Å². The number of aliphatic hydroxyl groups is 1. The number of methoxy groups -OCH3 is 1. The Labute approximate surface area is 122 Å². The molecular weight excluding hydrogens is 274 g/mol. The average molecular weight is 293 g/mol. The number of benzene rings is 1. The zero-order chi connectivity index (χ0) is 15.4. The van der Waals surface area contributed by atoms with Gasteiger partial charge in [0.05, 0.1) is 19.1 Å². The largest absolute Gasteiger partial charge is 0.497 e. The maximum Gasteiger partial charge on any atom is 0.308 e. The Bertz CT molecular complexity index is 513. The first-order valence-electron chi connectivity index (χ1n) is 6.84. The van der Waals surface area contributed by atoms with Crippen molar-refractivity contribution in [1.29, 1.82) is 0 Å². The molecule has 1 amide bonds. The van der Waals surface area contributed by atoms with E-state index in [1.54, 1.807) is 24.1 Å². The Morgan fingerprint density at radius 1 is 1.43 bits per heavy atom. The molecule has 6 heteroatoms. The van der Waals surface area contributed by atoms with E-state index in [0.29, 0.717) is 12.2 Å². The van der Waals surface area contributed by atoms with E-state index in [1.807, 2.05) is 12.1 Å². The summed E-state index contributed by atoms with van der Waals surface area (Å²) in [6.07, 6.45) is 0.401. The van der Waals surface area contributed by atoms with Crippen LogP contribution in [0.2, 0.25) is 0 Å². The number of hydrogen-bond donors (Lipinski definition) is 2. The van der Waals surface area contributed by atoms with Crippen LogP contribution in [-0.2, 0) is 9.59 Å². The number of nitrogens with zero attached hydrogens (tertiary/aromatic N) is 1. The summed E-state index contributed by atoms with van der Waals surface area (Å²) in [6, 6.07) is 6.93. The molecule has 1 fully saturated rings. The SMILES string of the molecule is COc1ccc(C(CCO)N2CC(C(=O)O)CC2=O)cc1. The Balaban J connectivity index is 2.21. The number of aliphatic hydroxyl groups excluding tert-OH is 1. The number of rotatable bonds is 6. The van der Waals surface area contributed by atoms with Crippen LogP contribution < -0.4 is 4.74 Å². The van der Waals surface area contributed by atoms with Crippen LogP contribution in [-0.4, -0.2) is 47.3 Å². The highest BCUT2D eigenvalue weighted by Gasteiger charge is 2.38. The summed E-state index contributed by atoms with van der Waals surface area (Å²) in [5, 5.41) is 18.3. The standard InChI is InChI=1S/C15H19NO5/c1-21-12-4-2-10(3-5-12)13(6-7-17)16-9-11(15(19)20)8-14(16)18/h2-5,11,13,17H,6-9H2,1H3,(H,19,20). The molecule has 0 spiro atoms. The summed E-state index contributed by atoms with van der Waals surface area (Å²) < 4.78 is 5.10. The first kappa shape index (κ1) is 15.3. The quantitative estimate of drug-likeness (QED) is 0.818. The molecule has 0 aliphatic carbocycles. The minimum absolute atomic E-state index is 0.0212. The van der Waals surface area contributed by atoms with Gasteiger partial charge in [0, 0.05) is 19.6 Å². The van der Waals surface area contributed by atoms with Gasteiger partial charge in [-0.1, -0.05) is 12.1 Å². The lowest BCUT2D eigenvalue weighted by Gasteiger charge is -2.28. The van der Waals surface area contributed by atoms with Crippen molar-refractivity contribution in [3.05, 3.63) is 29.8 Å². The zero-order valence-corrected chi connectivity index (χ0v) is 11.9. The number of amides is 1. The normalized spacial score (nSPS) is 19.6. The zero-order valence-electron chi connectivity index (χ0n) is 11.9. The van der Waals surface area contributed by atoms with Gasteiger partial charge in [0.25, 0.3) is 0 Å². The molecule has 2 atom stereocenters. The second-order valence-electron chi connectivity index (χ2n) is 5.09. The number of likely N-dealkylation sites (tertiary alicyclic amines) is 1. The molecule has 1 saturated heterocycles. The van der Waals surface area contributed by atoms with Crippen LogP contribution in [0.1, 0.15) is 24.4 Å². The smallest absolute Gasteiger partial charge is 0.308 e. The van der Waals surface area contributed by atoms with Gasteiger partial charge < -0.3 is 19.8 Å². The summed E-state index contributed by atoms with van der Waals surface area (Å²) in [6.45, 7) is 0.114. The van der Waals surface area contributed by atoms with E-state index in [9.17, 15) is 14.7 Å².